The Morgan fingerprint density at radius 2 is 1.07 bits per heavy atom. The van der Waals surface area contributed by atoms with Crippen LogP contribution in [0.2, 0.25) is 0 Å². The molecule has 2 heterocycles. The monoisotopic (exact) mass is 885 g/mol. The lowest BCUT2D eigenvalue weighted by Gasteiger charge is -2.13. The first-order chi connectivity index (χ1) is 34.2. The lowest BCUT2D eigenvalue weighted by Crippen LogP contribution is -2.05. The zero-order valence-electron chi connectivity index (χ0n) is 38.1. The van der Waals surface area contributed by atoms with Crippen molar-refractivity contribution in [3.05, 3.63) is 258 Å². The highest BCUT2D eigenvalue weighted by Crippen LogP contribution is 2.41. The number of allylic oxidation sites excluding steroid dienone is 1. The second-order valence-electron chi connectivity index (χ2n) is 17.5. The van der Waals surface area contributed by atoms with E-state index in [2.05, 4.69) is 221 Å². The largest absolute Gasteiger partial charge is 0.313 e. The Bertz CT molecular complexity index is 3780. The van der Waals surface area contributed by atoms with Crippen molar-refractivity contribution < 1.29 is 0 Å². The Balaban J connectivity index is 0.925. The van der Waals surface area contributed by atoms with Crippen molar-refractivity contribution in [2.24, 2.45) is 15.0 Å². The number of amidine groups is 2. The summed E-state index contributed by atoms with van der Waals surface area (Å²) < 4.78 is 4.87. The van der Waals surface area contributed by atoms with Gasteiger partial charge >= 0.3 is 0 Å². The van der Waals surface area contributed by atoms with Crippen molar-refractivity contribution in [3.63, 3.8) is 0 Å². The second-order valence-corrected chi connectivity index (χ2v) is 17.5. The molecule has 5 heteroatoms. The fourth-order valence-electron chi connectivity index (χ4n) is 10.1. The molecule has 9 aromatic carbocycles. The van der Waals surface area contributed by atoms with Gasteiger partial charge in [-0.1, -0.05) is 188 Å². The molecule has 0 bridgehead atoms. The van der Waals surface area contributed by atoms with Crippen molar-refractivity contribution in [1.29, 1.82) is 0 Å². The molecule has 0 saturated carbocycles. The van der Waals surface area contributed by atoms with E-state index < -0.39 is 0 Å². The number of fused-ring (bicyclic) bond motifs is 6. The minimum Gasteiger partial charge on any atom is -0.313 e. The molecule has 0 N–H and O–H groups in total. The normalized spacial score (nSPS) is 12.8. The first-order valence-electron chi connectivity index (χ1n) is 23.6. The molecule has 1 aliphatic carbocycles. The zero-order valence-corrected chi connectivity index (χ0v) is 38.1. The van der Waals surface area contributed by atoms with Gasteiger partial charge in [0.15, 0.2) is 11.7 Å². The van der Waals surface area contributed by atoms with Gasteiger partial charge in [0.2, 0.25) is 0 Å². The van der Waals surface area contributed by atoms with Crippen LogP contribution in [-0.4, -0.2) is 27.5 Å². The summed E-state index contributed by atoms with van der Waals surface area (Å²) in [4.78, 5) is 14.6. The van der Waals surface area contributed by atoms with Gasteiger partial charge in [0.1, 0.15) is 0 Å². The predicted octanol–water partition coefficient (Wildman–Crippen LogP) is 15.8. The molecule has 0 fully saturated rings. The minimum absolute atomic E-state index is 0.455. The molecule has 0 saturated heterocycles. The topological polar surface area (TPSA) is 46.9 Å². The average Bonchev–Trinajstić information content (AvgIpc) is 3.95. The van der Waals surface area contributed by atoms with Gasteiger partial charge in [-0.3, -0.25) is 4.99 Å². The van der Waals surface area contributed by atoms with E-state index in [-0.39, 0.29) is 0 Å². The molecule has 1 aliphatic rings. The number of hydrogen-bond donors (Lipinski definition) is 0. The van der Waals surface area contributed by atoms with Crippen LogP contribution >= 0.6 is 0 Å². The summed E-state index contributed by atoms with van der Waals surface area (Å²) in [5.74, 6) is 1.11. The number of rotatable bonds is 9. The van der Waals surface area contributed by atoms with E-state index in [1.54, 1.807) is 0 Å². The van der Waals surface area contributed by atoms with Gasteiger partial charge in [-0.25, -0.2) is 9.98 Å². The first-order valence-corrected chi connectivity index (χ1v) is 23.6. The van der Waals surface area contributed by atoms with Crippen molar-refractivity contribution in [1.82, 2.24) is 9.13 Å². The molecule has 0 spiro atoms. The first kappa shape index (κ1) is 41.5. The van der Waals surface area contributed by atoms with Gasteiger partial charge in [0.05, 0.1) is 23.1 Å². The smallest absolute Gasteiger partial charge is 0.161 e. The summed E-state index contributed by atoms with van der Waals surface area (Å²) in [5.41, 5.74) is 18.4. The molecule has 2 aromatic heterocycles. The number of nitrogens with zero attached hydrogens (tertiary/aromatic N) is 5. The highest BCUT2D eigenvalue weighted by molar-refractivity contribution is 6.13. The average molecular weight is 886 g/mol. The fourth-order valence-corrected chi connectivity index (χ4v) is 10.1. The van der Waals surface area contributed by atoms with Gasteiger partial charge in [-0.2, -0.15) is 0 Å². The summed E-state index contributed by atoms with van der Waals surface area (Å²) in [6.45, 7) is 4.36. The number of aromatic nitrogens is 2. The van der Waals surface area contributed by atoms with Crippen molar-refractivity contribution in [2.75, 3.05) is 0 Å². The molecular formula is C64H47N5. The Labute approximate surface area is 402 Å². The minimum atomic E-state index is 0.455. The van der Waals surface area contributed by atoms with Crippen LogP contribution in [0.1, 0.15) is 34.4 Å². The van der Waals surface area contributed by atoms with E-state index in [4.69, 9.17) is 9.98 Å². The van der Waals surface area contributed by atoms with Crippen molar-refractivity contribution in [3.8, 4) is 44.8 Å². The van der Waals surface area contributed by atoms with Crippen LogP contribution in [0, 0.1) is 0 Å². The zero-order chi connectivity index (χ0) is 46.1. The third kappa shape index (κ3) is 7.80. The molecule has 69 heavy (non-hydrogen) atoms. The van der Waals surface area contributed by atoms with Crippen LogP contribution in [0.25, 0.3) is 83.5 Å². The highest BCUT2D eigenvalue weighted by atomic mass is 15.0. The van der Waals surface area contributed by atoms with Crippen LogP contribution in [0.5, 0.6) is 0 Å². The van der Waals surface area contributed by atoms with Crippen LogP contribution in [0.4, 0.5) is 0 Å². The standard InChI is InChI=1S/C64H47N5/c1-65-63(48-19-7-3-8-20-48)67-64(66-43-44-31-33-46(34-32-44)45-17-5-2-6-18-45)51-22-15-21-49(41-51)50-37-40-56-55-25-11-13-28-58(55)69(61(56)42-50)53-38-35-47(36-39-53)54-27-16-30-60-62(54)57-26-12-14-29-59(57)68(60)52-23-9-4-10-24-52/h2-13,15-28,30-42H,1,14,29,43H2. The third-order valence-electron chi connectivity index (χ3n) is 13.4. The number of hydrogen-bond acceptors (Lipinski definition) is 1. The third-order valence-corrected chi connectivity index (χ3v) is 13.4. The van der Waals surface area contributed by atoms with Crippen LogP contribution in [-0.2, 0) is 13.0 Å². The fraction of sp³-hybridized carbons (Fsp3) is 0.0469. The van der Waals surface area contributed by atoms with Crippen LogP contribution in [0.3, 0.4) is 0 Å². The molecule has 0 aliphatic heterocycles. The maximum Gasteiger partial charge on any atom is 0.161 e. The molecule has 328 valence electrons. The van der Waals surface area contributed by atoms with Gasteiger partial charge < -0.3 is 9.13 Å². The quantitative estimate of drug-likeness (QED) is 0.102. The van der Waals surface area contributed by atoms with Crippen molar-refractivity contribution >= 4 is 57.2 Å². The number of para-hydroxylation sites is 2. The molecule has 0 unspecified atom stereocenters. The summed E-state index contributed by atoms with van der Waals surface area (Å²) >= 11 is 0. The van der Waals surface area contributed by atoms with E-state index in [0.29, 0.717) is 18.2 Å². The molecule has 12 rings (SSSR count). The van der Waals surface area contributed by atoms with E-state index >= 15 is 0 Å². The summed E-state index contributed by atoms with van der Waals surface area (Å²) in [6, 6.07) is 79.7. The number of benzene rings is 9. The van der Waals surface area contributed by atoms with E-state index in [1.165, 1.54) is 66.4 Å². The molecular weight excluding hydrogens is 839 g/mol. The van der Waals surface area contributed by atoms with Gasteiger partial charge in [-0.15, -0.1) is 0 Å². The number of aliphatic imine (C=N–C) groups is 3. The van der Waals surface area contributed by atoms with E-state index in [1.807, 2.05) is 36.4 Å². The van der Waals surface area contributed by atoms with Gasteiger partial charge in [0, 0.05) is 49.9 Å². The van der Waals surface area contributed by atoms with E-state index in [9.17, 15) is 0 Å². The Hall–Kier alpha value is -8.93. The molecule has 0 amide bonds. The SMILES string of the molecule is C=NC(=NC(=NCc1ccc(-c2ccccc2)cc1)c1cccc(-c2ccc3c4ccccc4n(-c4ccc(-c5cccc6c5c5c(n6-c6ccccc6)CCC=C5)cc4)c3c2)c1)c1ccccc1. The summed E-state index contributed by atoms with van der Waals surface area (Å²) in [6.07, 6.45) is 6.71. The van der Waals surface area contributed by atoms with Gasteiger partial charge in [-0.05, 0) is 107 Å². The Morgan fingerprint density at radius 3 is 1.87 bits per heavy atom. The molecule has 0 radical (unpaired) electrons. The van der Waals surface area contributed by atoms with Gasteiger partial charge in [0.25, 0.3) is 0 Å². The van der Waals surface area contributed by atoms with Crippen LogP contribution < -0.4 is 0 Å². The van der Waals surface area contributed by atoms with E-state index in [0.717, 1.165) is 51.9 Å². The maximum absolute atomic E-state index is 5.16. The highest BCUT2D eigenvalue weighted by Gasteiger charge is 2.22. The molecule has 11 aromatic rings. The lowest BCUT2D eigenvalue weighted by atomic mass is 9.95. The Kier molecular flexibility index (Phi) is 10.9. The van der Waals surface area contributed by atoms with Crippen LogP contribution in [0.15, 0.2) is 246 Å². The molecule has 5 nitrogen and oxygen atoms in total. The summed E-state index contributed by atoms with van der Waals surface area (Å²) in [5, 5.41) is 3.72. The Morgan fingerprint density at radius 1 is 0.464 bits per heavy atom. The van der Waals surface area contributed by atoms with Crippen molar-refractivity contribution in [2.45, 2.75) is 19.4 Å². The lowest BCUT2D eigenvalue weighted by molar-refractivity contribution is 0.888. The summed E-state index contributed by atoms with van der Waals surface area (Å²) in [7, 11) is 0. The predicted molar refractivity (Wildman–Crippen MR) is 290 cm³/mol. The molecule has 0 atom stereocenters. The maximum atomic E-state index is 5.16. The second kappa shape index (κ2) is 18.0.